The maximum absolute atomic E-state index is 6.22. The second-order valence-electron chi connectivity index (χ2n) is 4.06. The van der Waals surface area contributed by atoms with Crippen LogP contribution in [0.2, 0.25) is 5.02 Å². The lowest BCUT2D eigenvalue weighted by molar-refractivity contribution is 0.554. The molecule has 2 aromatic carbocycles. The molecule has 3 aromatic rings. The van der Waals surface area contributed by atoms with Gasteiger partial charge in [-0.2, -0.15) is 0 Å². The first-order valence-electron chi connectivity index (χ1n) is 5.79. The van der Waals surface area contributed by atoms with Crippen LogP contribution in [0.3, 0.4) is 0 Å². The van der Waals surface area contributed by atoms with Crippen molar-refractivity contribution < 1.29 is 4.42 Å². The highest BCUT2D eigenvalue weighted by atomic mass is 35.5. The Morgan fingerprint density at radius 3 is 2.37 bits per heavy atom. The van der Waals surface area contributed by atoms with Crippen LogP contribution in [-0.4, -0.2) is 4.98 Å². The van der Waals surface area contributed by atoms with Crippen LogP contribution in [0, 0.1) is 4.84 Å². The van der Waals surface area contributed by atoms with Gasteiger partial charge in [-0.05, 0) is 24.4 Å². The highest BCUT2D eigenvalue weighted by molar-refractivity contribution is 7.71. The number of nitrogens with one attached hydrogen (secondary N) is 1. The van der Waals surface area contributed by atoms with E-state index in [0.717, 1.165) is 16.8 Å². The average molecular weight is 288 g/mol. The molecule has 1 N–H and O–H groups in total. The summed E-state index contributed by atoms with van der Waals surface area (Å²) in [5.41, 5.74) is 2.69. The van der Waals surface area contributed by atoms with Gasteiger partial charge in [0.25, 0.3) is 4.84 Å². The van der Waals surface area contributed by atoms with Gasteiger partial charge in [-0.1, -0.05) is 54.1 Å². The Kier molecular flexibility index (Phi) is 3.23. The van der Waals surface area contributed by atoms with Crippen molar-refractivity contribution in [3.05, 3.63) is 64.5 Å². The van der Waals surface area contributed by atoms with Crippen LogP contribution < -0.4 is 0 Å². The largest absolute Gasteiger partial charge is 0.429 e. The molecule has 0 fully saturated rings. The Bertz CT molecular complexity index is 761. The highest BCUT2D eigenvalue weighted by Crippen LogP contribution is 2.35. The predicted molar refractivity (Wildman–Crippen MR) is 79.8 cm³/mol. The molecule has 0 spiro atoms. The fraction of sp³-hybridized carbons (Fsp3) is 0. The Labute approximate surface area is 120 Å². The van der Waals surface area contributed by atoms with Crippen LogP contribution in [0.5, 0.6) is 0 Å². The third-order valence-electron chi connectivity index (χ3n) is 2.83. The molecule has 4 heteroatoms. The van der Waals surface area contributed by atoms with Crippen LogP contribution in [0.25, 0.3) is 22.6 Å². The Morgan fingerprint density at radius 2 is 1.63 bits per heavy atom. The van der Waals surface area contributed by atoms with Crippen LogP contribution in [0.4, 0.5) is 0 Å². The van der Waals surface area contributed by atoms with E-state index >= 15 is 0 Å². The van der Waals surface area contributed by atoms with Crippen molar-refractivity contribution in [2.75, 3.05) is 0 Å². The van der Waals surface area contributed by atoms with Gasteiger partial charge in [0.1, 0.15) is 0 Å². The quantitative estimate of drug-likeness (QED) is 0.646. The zero-order valence-electron chi connectivity index (χ0n) is 9.89. The monoisotopic (exact) mass is 287 g/mol. The van der Waals surface area contributed by atoms with Crippen molar-refractivity contribution in [1.82, 2.24) is 4.98 Å². The van der Waals surface area contributed by atoms with Crippen LogP contribution in [0.1, 0.15) is 0 Å². The zero-order valence-corrected chi connectivity index (χ0v) is 11.5. The second kappa shape index (κ2) is 5.03. The molecule has 0 saturated carbocycles. The molecule has 0 unspecified atom stereocenters. The standard InChI is InChI=1S/C15H10ClNOS/c16-12-9-5-4-8-11(12)14-13(17-15(19)18-14)10-6-2-1-3-7-10/h1-9H,(H,17,19). The van der Waals surface area contributed by atoms with E-state index < -0.39 is 0 Å². The van der Waals surface area contributed by atoms with E-state index in [1.54, 1.807) is 0 Å². The van der Waals surface area contributed by atoms with E-state index in [1.807, 2.05) is 54.6 Å². The molecule has 3 rings (SSSR count). The molecular formula is C15H10ClNOS. The van der Waals surface area contributed by atoms with Crippen molar-refractivity contribution in [1.29, 1.82) is 0 Å². The van der Waals surface area contributed by atoms with E-state index in [2.05, 4.69) is 4.98 Å². The summed E-state index contributed by atoms with van der Waals surface area (Å²) in [5.74, 6) is 0.668. The average Bonchev–Trinajstić information content (AvgIpc) is 2.82. The first-order valence-corrected chi connectivity index (χ1v) is 6.58. The summed E-state index contributed by atoms with van der Waals surface area (Å²) in [6.45, 7) is 0. The fourth-order valence-corrected chi connectivity index (χ4v) is 2.38. The van der Waals surface area contributed by atoms with Gasteiger partial charge in [0, 0.05) is 11.1 Å². The van der Waals surface area contributed by atoms with Gasteiger partial charge in [-0.25, -0.2) is 0 Å². The molecule has 0 saturated heterocycles. The fourth-order valence-electron chi connectivity index (χ4n) is 1.97. The molecule has 0 atom stereocenters. The van der Waals surface area contributed by atoms with Gasteiger partial charge in [0.2, 0.25) is 0 Å². The van der Waals surface area contributed by atoms with Crippen molar-refractivity contribution in [3.8, 4) is 22.6 Å². The topological polar surface area (TPSA) is 28.9 Å². The number of hydrogen-bond acceptors (Lipinski definition) is 2. The van der Waals surface area contributed by atoms with E-state index in [1.165, 1.54) is 0 Å². The lowest BCUT2D eigenvalue weighted by Crippen LogP contribution is -1.83. The number of H-pyrrole nitrogens is 1. The van der Waals surface area contributed by atoms with Gasteiger partial charge in [-0.3, -0.25) is 0 Å². The Morgan fingerprint density at radius 1 is 0.947 bits per heavy atom. The molecule has 94 valence electrons. The first-order chi connectivity index (χ1) is 9.25. The van der Waals surface area contributed by atoms with E-state index in [0.29, 0.717) is 15.6 Å². The number of hydrogen-bond donors (Lipinski definition) is 1. The van der Waals surface area contributed by atoms with Crippen LogP contribution in [-0.2, 0) is 0 Å². The number of aromatic nitrogens is 1. The molecule has 19 heavy (non-hydrogen) atoms. The van der Waals surface area contributed by atoms with Gasteiger partial charge < -0.3 is 9.40 Å². The summed E-state index contributed by atoms with van der Waals surface area (Å²) in [7, 11) is 0. The van der Waals surface area contributed by atoms with Gasteiger partial charge in [0.15, 0.2) is 5.76 Å². The maximum atomic E-state index is 6.22. The molecular weight excluding hydrogens is 278 g/mol. The SMILES string of the molecule is S=c1[nH]c(-c2ccccc2)c(-c2ccccc2Cl)o1. The molecule has 0 aliphatic rings. The van der Waals surface area contributed by atoms with E-state index in [-0.39, 0.29) is 0 Å². The van der Waals surface area contributed by atoms with E-state index in [9.17, 15) is 0 Å². The minimum atomic E-state index is 0.341. The number of benzene rings is 2. The predicted octanol–water partition coefficient (Wildman–Crippen LogP) is 5.32. The van der Waals surface area contributed by atoms with Gasteiger partial charge in [-0.15, -0.1) is 0 Å². The maximum Gasteiger partial charge on any atom is 0.266 e. The van der Waals surface area contributed by atoms with Crippen LogP contribution in [0.15, 0.2) is 59.0 Å². The highest BCUT2D eigenvalue weighted by Gasteiger charge is 2.14. The number of halogens is 1. The summed E-state index contributed by atoms with van der Waals surface area (Å²) < 4.78 is 5.61. The summed E-state index contributed by atoms with van der Waals surface area (Å²) in [6, 6.07) is 17.4. The summed E-state index contributed by atoms with van der Waals surface area (Å²) in [5, 5.41) is 0.637. The third-order valence-corrected chi connectivity index (χ3v) is 3.34. The first kappa shape index (κ1) is 12.2. The lowest BCUT2D eigenvalue weighted by Gasteiger charge is -2.03. The van der Waals surface area contributed by atoms with Crippen molar-refractivity contribution >= 4 is 23.8 Å². The molecule has 0 aliphatic heterocycles. The summed E-state index contributed by atoms with van der Waals surface area (Å²) in [4.78, 5) is 3.42. The minimum absolute atomic E-state index is 0.341. The smallest absolute Gasteiger partial charge is 0.266 e. The minimum Gasteiger partial charge on any atom is -0.429 e. The molecule has 0 aliphatic carbocycles. The normalized spacial score (nSPS) is 10.6. The lowest BCUT2D eigenvalue weighted by atomic mass is 10.1. The van der Waals surface area contributed by atoms with E-state index in [4.69, 9.17) is 28.2 Å². The van der Waals surface area contributed by atoms with Crippen LogP contribution >= 0.6 is 23.8 Å². The molecule has 2 nitrogen and oxygen atoms in total. The number of aromatic amines is 1. The molecule has 0 amide bonds. The Hall–Kier alpha value is -1.84. The van der Waals surface area contributed by atoms with Crippen molar-refractivity contribution in [3.63, 3.8) is 0 Å². The van der Waals surface area contributed by atoms with Crippen molar-refractivity contribution in [2.24, 2.45) is 0 Å². The van der Waals surface area contributed by atoms with Gasteiger partial charge >= 0.3 is 0 Å². The Balaban J connectivity index is 2.24. The molecule has 1 aromatic heterocycles. The van der Waals surface area contributed by atoms with Gasteiger partial charge in [0.05, 0.1) is 10.7 Å². The van der Waals surface area contributed by atoms with Crippen molar-refractivity contribution in [2.45, 2.75) is 0 Å². The number of rotatable bonds is 2. The summed E-state index contributed by atoms with van der Waals surface area (Å²) in [6.07, 6.45) is 0. The number of oxazole rings is 1. The molecule has 0 bridgehead atoms. The zero-order chi connectivity index (χ0) is 13.2. The molecule has 1 heterocycles. The summed E-state index contributed by atoms with van der Waals surface area (Å²) >= 11 is 11.3. The molecule has 0 radical (unpaired) electrons. The third kappa shape index (κ3) is 2.35. The second-order valence-corrected chi connectivity index (χ2v) is 4.84.